The van der Waals surface area contributed by atoms with Crippen molar-refractivity contribution in [2.75, 3.05) is 13.7 Å². The average molecular weight is 236 g/mol. The van der Waals surface area contributed by atoms with Crippen molar-refractivity contribution in [3.63, 3.8) is 0 Å². The molecule has 0 unspecified atom stereocenters. The van der Waals surface area contributed by atoms with Crippen molar-refractivity contribution in [3.05, 3.63) is 30.3 Å². The number of carbonyl (C=O) groups excluding carboxylic acids is 1. The van der Waals surface area contributed by atoms with E-state index in [9.17, 15) is 4.79 Å². The fourth-order valence-electron chi connectivity index (χ4n) is 1.53. The zero-order chi connectivity index (χ0) is 12.3. The summed E-state index contributed by atoms with van der Waals surface area (Å²) in [4.78, 5) is 10.8. The Balaban J connectivity index is 1.93. The van der Waals surface area contributed by atoms with Gasteiger partial charge in [0.1, 0.15) is 5.75 Å². The van der Waals surface area contributed by atoms with Gasteiger partial charge in [-0.3, -0.25) is 4.79 Å². The van der Waals surface area contributed by atoms with Crippen molar-refractivity contribution in [2.45, 2.75) is 32.1 Å². The molecule has 94 valence electrons. The minimum absolute atomic E-state index is 0.120. The maximum Gasteiger partial charge on any atom is 0.305 e. The molecule has 0 N–H and O–H groups in total. The second-order valence-corrected chi connectivity index (χ2v) is 3.90. The van der Waals surface area contributed by atoms with Gasteiger partial charge in [0.25, 0.3) is 0 Å². The molecule has 0 heterocycles. The molecule has 0 saturated heterocycles. The van der Waals surface area contributed by atoms with Gasteiger partial charge in [0.2, 0.25) is 0 Å². The predicted octanol–water partition coefficient (Wildman–Crippen LogP) is 3.19. The first kappa shape index (κ1) is 13.6. The van der Waals surface area contributed by atoms with Crippen LogP contribution < -0.4 is 4.74 Å². The lowest BCUT2D eigenvalue weighted by atomic mass is 10.1. The van der Waals surface area contributed by atoms with Crippen LogP contribution in [0.5, 0.6) is 5.75 Å². The number of rotatable bonds is 8. The van der Waals surface area contributed by atoms with Crippen molar-refractivity contribution < 1.29 is 14.3 Å². The van der Waals surface area contributed by atoms with E-state index in [-0.39, 0.29) is 5.97 Å². The molecule has 0 aliphatic carbocycles. The van der Waals surface area contributed by atoms with Crippen LogP contribution in [-0.4, -0.2) is 19.7 Å². The van der Waals surface area contributed by atoms with Crippen molar-refractivity contribution in [2.24, 2.45) is 0 Å². The van der Waals surface area contributed by atoms with Crippen LogP contribution in [0.4, 0.5) is 0 Å². The minimum atomic E-state index is -0.120. The van der Waals surface area contributed by atoms with Crippen molar-refractivity contribution in [3.8, 4) is 5.75 Å². The van der Waals surface area contributed by atoms with E-state index in [1.807, 2.05) is 30.3 Å². The lowest BCUT2D eigenvalue weighted by molar-refractivity contribution is -0.140. The molecular weight excluding hydrogens is 216 g/mol. The number of hydrogen-bond donors (Lipinski definition) is 0. The van der Waals surface area contributed by atoms with Crippen molar-refractivity contribution >= 4 is 5.97 Å². The smallest absolute Gasteiger partial charge is 0.305 e. The topological polar surface area (TPSA) is 35.5 Å². The summed E-state index contributed by atoms with van der Waals surface area (Å²) >= 11 is 0. The zero-order valence-corrected chi connectivity index (χ0v) is 10.4. The summed E-state index contributed by atoms with van der Waals surface area (Å²) < 4.78 is 10.1. The highest BCUT2D eigenvalue weighted by molar-refractivity contribution is 5.68. The monoisotopic (exact) mass is 236 g/mol. The maximum absolute atomic E-state index is 10.8. The number of esters is 1. The van der Waals surface area contributed by atoms with Crippen molar-refractivity contribution in [1.82, 2.24) is 0 Å². The molecule has 1 aromatic rings. The Kier molecular flexibility index (Phi) is 6.87. The van der Waals surface area contributed by atoms with Crippen molar-refractivity contribution in [1.29, 1.82) is 0 Å². The SMILES string of the molecule is COC(=O)CCCCCCOc1ccccc1. The van der Waals surface area contributed by atoms with Gasteiger partial charge in [-0.05, 0) is 25.0 Å². The Morgan fingerprint density at radius 3 is 2.47 bits per heavy atom. The molecule has 1 aromatic carbocycles. The van der Waals surface area contributed by atoms with E-state index in [0.717, 1.165) is 38.0 Å². The third kappa shape index (κ3) is 6.61. The summed E-state index contributed by atoms with van der Waals surface area (Å²) in [5, 5.41) is 0. The number of hydrogen-bond acceptors (Lipinski definition) is 3. The third-order valence-electron chi connectivity index (χ3n) is 2.51. The minimum Gasteiger partial charge on any atom is -0.494 e. The summed E-state index contributed by atoms with van der Waals surface area (Å²) in [7, 11) is 1.43. The summed E-state index contributed by atoms with van der Waals surface area (Å²) in [5.41, 5.74) is 0. The number of benzene rings is 1. The second kappa shape index (κ2) is 8.62. The molecule has 1 rings (SSSR count). The van der Waals surface area contributed by atoms with Crippen LogP contribution in [0.15, 0.2) is 30.3 Å². The lowest BCUT2D eigenvalue weighted by Crippen LogP contribution is -2.00. The lowest BCUT2D eigenvalue weighted by Gasteiger charge is -2.05. The Bertz CT molecular complexity index is 309. The highest BCUT2D eigenvalue weighted by atomic mass is 16.5. The van der Waals surface area contributed by atoms with Crippen LogP contribution >= 0.6 is 0 Å². The number of methoxy groups -OCH3 is 1. The summed E-state index contributed by atoms with van der Waals surface area (Å²) in [6, 6.07) is 9.81. The molecule has 0 atom stereocenters. The first-order valence-electron chi connectivity index (χ1n) is 6.07. The Labute approximate surface area is 103 Å². The molecule has 0 aliphatic rings. The van der Waals surface area contributed by atoms with Gasteiger partial charge in [0.05, 0.1) is 13.7 Å². The molecule has 3 heteroatoms. The van der Waals surface area contributed by atoms with E-state index < -0.39 is 0 Å². The first-order valence-corrected chi connectivity index (χ1v) is 6.07. The second-order valence-electron chi connectivity index (χ2n) is 3.90. The fourth-order valence-corrected chi connectivity index (χ4v) is 1.53. The summed E-state index contributed by atoms with van der Waals surface area (Å²) in [5.74, 6) is 0.799. The Hall–Kier alpha value is -1.51. The summed E-state index contributed by atoms with van der Waals surface area (Å²) in [6.45, 7) is 0.738. The molecule has 0 bridgehead atoms. The molecule has 0 aromatic heterocycles. The van der Waals surface area contributed by atoms with Gasteiger partial charge in [-0.1, -0.05) is 31.0 Å². The average Bonchev–Trinajstić information content (AvgIpc) is 2.38. The van der Waals surface area contributed by atoms with Crippen LogP contribution in [0.1, 0.15) is 32.1 Å². The molecule has 0 saturated carbocycles. The Morgan fingerprint density at radius 1 is 1.06 bits per heavy atom. The maximum atomic E-state index is 10.8. The van der Waals surface area contributed by atoms with E-state index >= 15 is 0 Å². The van der Waals surface area contributed by atoms with Crippen LogP contribution in [-0.2, 0) is 9.53 Å². The highest BCUT2D eigenvalue weighted by Gasteiger charge is 1.99. The van der Waals surface area contributed by atoms with Crippen LogP contribution in [0, 0.1) is 0 Å². The van der Waals surface area contributed by atoms with Gasteiger partial charge in [-0.15, -0.1) is 0 Å². The standard InChI is InChI=1S/C14H20O3/c1-16-14(15)11-7-2-3-8-12-17-13-9-5-4-6-10-13/h4-6,9-10H,2-3,7-8,11-12H2,1H3. The van der Waals surface area contributed by atoms with Gasteiger partial charge >= 0.3 is 5.97 Å². The molecule has 0 fully saturated rings. The van der Waals surface area contributed by atoms with Gasteiger partial charge in [0, 0.05) is 6.42 Å². The van der Waals surface area contributed by atoms with Gasteiger partial charge in [-0.2, -0.15) is 0 Å². The zero-order valence-electron chi connectivity index (χ0n) is 10.4. The molecule has 0 amide bonds. The summed E-state index contributed by atoms with van der Waals surface area (Å²) in [6.07, 6.45) is 4.58. The molecular formula is C14H20O3. The van der Waals surface area contributed by atoms with Gasteiger partial charge in [0.15, 0.2) is 0 Å². The van der Waals surface area contributed by atoms with E-state index in [4.69, 9.17) is 4.74 Å². The number of unbranched alkanes of at least 4 members (excludes halogenated alkanes) is 3. The van der Waals surface area contributed by atoms with E-state index in [2.05, 4.69) is 4.74 Å². The molecule has 0 radical (unpaired) electrons. The fraction of sp³-hybridized carbons (Fsp3) is 0.500. The number of carbonyl (C=O) groups is 1. The third-order valence-corrected chi connectivity index (χ3v) is 2.51. The van der Waals surface area contributed by atoms with Crippen LogP contribution in [0.25, 0.3) is 0 Å². The highest BCUT2D eigenvalue weighted by Crippen LogP contribution is 2.10. The number of ether oxygens (including phenoxy) is 2. The molecule has 3 nitrogen and oxygen atoms in total. The molecule has 0 aliphatic heterocycles. The van der Waals surface area contributed by atoms with Crippen LogP contribution in [0.3, 0.4) is 0 Å². The first-order chi connectivity index (χ1) is 8.33. The largest absolute Gasteiger partial charge is 0.494 e. The number of para-hydroxylation sites is 1. The predicted molar refractivity (Wildman–Crippen MR) is 67.0 cm³/mol. The Morgan fingerprint density at radius 2 is 1.76 bits per heavy atom. The van der Waals surface area contributed by atoms with E-state index in [1.54, 1.807) is 0 Å². The molecule has 17 heavy (non-hydrogen) atoms. The van der Waals surface area contributed by atoms with Crippen LogP contribution in [0.2, 0.25) is 0 Å². The van der Waals surface area contributed by atoms with E-state index in [0.29, 0.717) is 6.42 Å². The molecule has 0 spiro atoms. The van der Waals surface area contributed by atoms with Gasteiger partial charge in [-0.25, -0.2) is 0 Å². The normalized spacial score (nSPS) is 9.94. The quantitative estimate of drug-likeness (QED) is 0.513. The van der Waals surface area contributed by atoms with Gasteiger partial charge < -0.3 is 9.47 Å². The van der Waals surface area contributed by atoms with E-state index in [1.165, 1.54) is 7.11 Å².